The van der Waals surface area contributed by atoms with Crippen molar-refractivity contribution in [2.45, 2.75) is 38.5 Å². The highest BCUT2D eigenvalue weighted by molar-refractivity contribution is 6.04. The maximum atomic E-state index is 2.50. The normalized spacial score (nSPS) is 14.1. The van der Waals surface area contributed by atoms with Crippen LogP contribution in [0.25, 0.3) is 55.6 Å². The quantitative estimate of drug-likeness (QED) is 0.166. The molecule has 0 unspecified atom stereocenters. The molecule has 0 aliphatic heterocycles. The predicted molar refractivity (Wildman–Crippen MR) is 233 cm³/mol. The van der Waals surface area contributed by atoms with Gasteiger partial charge in [0.2, 0.25) is 0 Å². The number of hydrogen-bond donors (Lipinski definition) is 0. The van der Waals surface area contributed by atoms with E-state index in [4.69, 9.17) is 0 Å². The van der Waals surface area contributed by atoms with Crippen LogP contribution in [0.1, 0.15) is 49.9 Å². The van der Waals surface area contributed by atoms with E-state index in [1.165, 1.54) is 77.9 Å². The number of rotatable bonds is 6. The van der Waals surface area contributed by atoms with Crippen molar-refractivity contribution in [1.29, 1.82) is 0 Å². The van der Waals surface area contributed by atoms with Crippen LogP contribution in [0.2, 0.25) is 0 Å². The zero-order chi connectivity index (χ0) is 37.3. The van der Waals surface area contributed by atoms with E-state index in [9.17, 15) is 0 Å². The van der Waals surface area contributed by atoms with Gasteiger partial charge in [-0.2, -0.15) is 0 Å². The molecule has 264 valence electrons. The van der Waals surface area contributed by atoms with Gasteiger partial charge in [-0.1, -0.05) is 185 Å². The van der Waals surface area contributed by atoms with Crippen LogP contribution in [0, 0.1) is 0 Å². The molecule has 10 rings (SSSR count). The Morgan fingerprint density at radius 2 is 0.800 bits per heavy atom. The summed E-state index contributed by atoms with van der Waals surface area (Å²) < 4.78 is 0. The average Bonchev–Trinajstić information content (AvgIpc) is 3.61. The van der Waals surface area contributed by atoms with E-state index in [0.717, 1.165) is 17.1 Å². The number of hydrogen-bond acceptors (Lipinski definition) is 1. The van der Waals surface area contributed by atoms with E-state index < -0.39 is 0 Å². The monoisotopic (exact) mass is 705 g/mol. The number of anilines is 3. The summed E-state index contributed by atoms with van der Waals surface area (Å²) in [5.41, 5.74) is 21.3. The molecule has 0 aromatic heterocycles. The molecular weight excluding hydrogens is 663 g/mol. The summed E-state index contributed by atoms with van der Waals surface area (Å²) in [6.45, 7) is 9.48. The summed E-state index contributed by atoms with van der Waals surface area (Å²) >= 11 is 0. The minimum absolute atomic E-state index is 0.114. The minimum Gasteiger partial charge on any atom is -0.310 e. The number of benzene rings is 8. The van der Waals surface area contributed by atoms with Crippen LogP contribution in [-0.4, -0.2) is 0 Å². The van der Waals surface area contributed by atoms with Crippen LogP contribution in [0.5, 0.6) is 0 Å². The summed E-state index contributed by atoms with van der Waals surface area (Å²) in [6, 6.07) is 69.6. The van der Waals surface area contributed by atoms with Gasteiger partial charge in [-0.3, -0.25) is 0 Å². The lowest BCUT2D eigenvalue weighted by molar-refractivity contribution is 0.660. The van der Waals surface area contributed by atoms with Gasteiger partial charge in [-0.15, -0.1) is 0 Å². The molecule has 0 saturated heterocycles. The molecule has 8 aromatic rings. The molecule has 0 atom stereocenters. The Balaban J connectivity index is 1.26. The third kappa shape index (κ3) is 5.14. The van der Waals surface area contributed by atoms with Crippen molar-refractivity contribution in [3.8, 4) is 55.6 Å². The summed E-state index contributed by atoms with van der Waals surface area (Å²) in [5, 5.41) is 0. The standard InChI is InChI=1S/C54H43N/c1-53(2)47-26-14-12-22-44(47)51-45(24-15-27-48(51)53)52-41(38-19-9-6-10-20-38)23-16-28-50(52)55(39-31-29-37(30-32-39)36-17-7-5-8-18-36)40-33-34-43-42-21-11-13-25-46(42)54(3,4)49(43)35-40/h5-35H,1-4H3. The second-order valence-corrected chi connectivity index (χ2v) is 16.1. The second kappa shape index (κ2) is 12.6. The Morgan fingerprint density at radius 3 is 1.53 bits per heavy atom. The highest BCUT2D eigenvalue weighted by Crippen LogP contribution is 2.56. The Bertz CT molecular complexity index is 2740. The molecule has 8 aromatic carbocycles. The van der Waals surface area contributed by atoms with Gasteiger partial charge in [-0.25, -0.2) is 0 Å². The van der Waals surface area contributed by atoms with Gasteiger partial charge >= 0.3 is 0 Å². The van der Waals surface area contributed by atoms with Gasteiger partial charge in [0.15, 0.2) is 0 Å². The van der Waals surface area contributed by atoms with Gasteiger partial charge < -0.3 is 4.90 Å². The number of nitrogens with zero attached hydrogens (tertiary/aromatic N) is 1. The van der Waals surface area contributed by atoms with E-state index in [-0.39, 0.29) is 10.8 Å². The van der Waals surface area contributed by atoms with Gasteiger partial charge in [-0.05, 0) is 103 Å². The lowest BCUT2D eigenvalue weighted by atomic mass is 9.81. The smallest absolute Gasteiger partial charge is 0.0546 e. The molecule has 0 N–H and O–H groups in total. The van der Waals surface area contributed by atoms with Crippen LogP contribution < -0.4 is 4.90 Å². The van der Waals surface area contributed by atoms with Crippen molar-refractivity contribution in [3.63, 3.8) is 0 Å². The van der Waals surface area contributed by atoms with Crippen LogP contribution in [-0.2, 0) is 10.8 Å². The van der Waals surface area contributed by atoms with Crippen molar-refractivity contribution in [1.82, 2.24) is 0 Å². The molecule has 0 amide bonds. The van der Waals surface area contributed by atoms with Crippen LogP contribution >= 0.6 is 0 Å². The van der Waals surface area contributed by atoms with E-state index in [2.05, 4.69) is 221 Å². The zero-order valence-corrected chi connectivity index (χ0v) is 31.8. The fourth-order valence-electron chi connectivity index (χ4n) is 9.52. The van der Waals surface area contributed by atoms with Crippen molar-refractivity contribution < 1.29 is 0 Å². The molecule has 55 heavy (non-hydrogen) atoms. The van der Waals surface area contributed by atoms with Crippen molar-refractivity contribution in [2.24, 2.45) is 0 Å². The van der Waals surface area contributed by atoms with E-state index in [0.29, 0.717) is 0 Å². The maximum Gasteiger partial charge on any atom is 0.0546 e. The van der Waals surface area contributed by atoms with Gasteiger partial charge in [0.05, 0.1) is 5.69 Å². The van der Waals surface area contributed by atoms with E-state index >= 15 is 0 Å². The maximum absolute atomic E-state index is 2.50. The Labute approximate surface area is 325 Å². The minimum atomic E-state index is -0.130. The zero-order valence-electron chi connectivity index (χ0n) is 31.8. The van der Waals surface area contributed by atoms with Crippen LogP contribution in [0.3, 0.4) is 0 Å². The van der Waals surface area contributed by atoms with Gasteiger partial charge in [0.1, 0.15) is 0 Å². The SMILES string of the molecule is CC1(C)c2ccccc2-c2ccc(N(c3ccc(-c4ccccc4)cc3)c3cccc(-c4ccccc4)c3-c3cccc4c3-c3ccccc3C4(C)C)cc21. The first-order valence-corrected chi connectivity index (χ1v) is 19.4. The van der Waals surface area contributed by atoms with Gasteiger partial charge in [0.25, 0.3) is 0 Å². The molecule has 1 heteroatoms. The van der Waals surface area contributed by atoms with Crippen molar-refractivity contribution in [3.05, 3.63) is 210 Å². The summed E-state index contributed by atoms with van der Waals surface area (Å²) in [4.78, 5) is 2.50. The third-order valence-electron chi connectivity index (χ3n) is 12.3. The Morgan fingerprint density at radius 1 is 0.309 bits per heavy atom. The summed E-state index contributed by atoms with van der Waals surface area (Å²) in [6.07, 6.45) is 0. The largest absolute Gasteiger partial charge is 0.310 e. The van der Waals surface area contributed by atoms with Crippen LogP contribution in [0.15, 0.2) is 188 Å². The first kappa shape index (κ1) is 33.2. The average molecular weight is 706 g/mol. The Kier molecular flexibility index (Phi) is 7.58. The van der Waals surface area contributed by atoms with Crippen molar-refractivity contribution >= 4 is 17.1 Å². The molecule has 0 radical (unpaired) electrons. The lowest BCUT2D eigenvalue weighted by Gasteiger charge is -2.31. The van der Waals surface area contributed by atoms with Gasteiger partial charge in [0, 0.05) is 27.8 Å². The molecule has 2 aliphatic rings. The molecule has 0 saturated carbocycles. The predicted octanol–water partition coefficient (Wildman–Crippen LogP) is 14.8. The Hall–Kier alpha value is -6.44. The first-order chi connectivity index (χ1) is 26.8. The molecule has 2 aliphatic carbocycles. The summed E-state index contributed by atoms with van der Waals surface area (Å²) in [7, 11) is 0. The highest BCUT2D eigenvalue weighted by Gasteiger charge is 2.38. The fraction of sp³-hybridized carbons (Fsp3) is 0.111. The summed E-state index contributed by atoms with van der Waals surface area (Å²) in [5.74, 6) is 0. The topological polar surface area (TPSA) is 3.24 Å². The molecule has 0 fully saturated rings. The lowest BCUT2D eigenvalue weighted by Crippen LogP contribution is -2.17. The molecular formula is C54H43N. The molecule has 1 nitrogen and oxygen atoms in total. The number of fused-ring (bicyclic) bond motifs is 6. The molecule has 0 heterocycles. The molecule has 0 bridgehead atoms. The second-order valence-electron chi connectivity index (χ2n) is 16.1. The highest BCUT2D eigenvalue weighted by atomic mass is 15.1. The molecule has 0 spiro atoms. The fourth-order valence-corrected chi connectivity index (χ4v) is 9.52. The van der Waals surface area contributed by atoms with E-state index in [1.807, 2.05) is 0 Å². The third-order valence-corrected chi connectivity index (χ3v) is 12.3. The van der Waals surface area contributed by atoms with E-state index in [1.54, 1.807) is 0 Å². The van der Waals surface area contributed by atoms with Crippen LogP contribution in [0.4, 0.5) is 17.1 Å². The first-order valence-electron chi connectivity index (χ1n) is 19.4. The van der Waals surface area contributed by atoms with Crippen molar-refractivity contribution in [2.75, 3.05) is 4.90 Å².